The van der Waals surface area contributed by atoms with E-state index in [9.17, 15) is 4.79 Å². The first-order valence-corrected chi connectivity index (χ1v) is 9.70. The van der Waals surface area contributed by atoms with E-state index in [0.717, 1.165) is 19.5 Å². The highest BCUT2D eigenvalue weighted by atomic mass is 79.9. The Morgan fingerprint density at radius 3 is 2.96 bits per heavy atom. The molecule has 0 atom stereocenters. The number of rotatable bonds is 6. The van der Waals surface area contributed by atoms with Gasteiger partial charge in [-0.1, -0.05) is 27.2 Å². The lowest BCUT2D eigenvalue weighted by atomic mass is 10.2. The van der Waals surface area contributed by atoms with E-state index in [4.69, 9.17) is 4.52 Å². The summed E-state index contributed by atoms with van der Waals surface area (Å²) >= 11 is 8.37. The third kappa shape index (κ3) is 4.52. The van der Waals surface area contributed by atoms with E-state index >= 15 is 0 Å². The topological polar surface area (TPSA) is 68.0 Å². The van der Waals surface area contributed by atoms with Crippen LogP contribution in [0, 0.1) is 0 Å². The fraction of sp³-hybridized carbons (Fsp3) is 0.188. The molecule has 1 N–H and O–H groups in total. The third-order valence-electron chi connectivity index (χ3n) is 3.21. The smallest absolute Gasteiger partial charge is 0.226 e. The summed E-state index contributed by atoms with van der Waals surface area (Å²) in [5, 5.41) is 8.81. The molecule has 3 rings (SSSR count). The Morgan fingerprint density at radius 2 is 2.17 bits per heavy atom. The van der Waals surface area contributed by atoms with Crippen LogP contribution in [0.25, 0.3) is 10.7 Å². The van der Waals surface area contributed by atoms with Crippen molar-refractivity contribution in [2.75, 3.05) is 5.32 Å². The number of carbonyl (C=O) groups excluding carboxylic acids is 1. The molecule has 0 fully saturated rings. The molecule has 0 saturated carbocycles. The molecular weight excluding hydrogens is 458 g/mol. The molecule has 1 aromatic carbocycles. The lowest BCUT2D eigenvalue weighted by Crippen LogP contribution is -2.12. The lowest BCUT2D eigenvalue weighted by Gasteiger charge is -2.07. The van der Waals surface area contributed by atoms with Crippen molar-refractivity contribution in [1.29, 1.82) is 0 Å². The SMILES string of the molecule is O=C(CCCc1nc(-c2cccs2)no1)Nc1cc(Br)ccc1Br. The first-order valence-electron chi connectivity index (χ1n) is 7.23. The second-order valence-electron chi connectivity index (χ2n) is 5.01. The number of benzene rings is 1. The van der Waals surface area contributed by atoms with Gasteiger partial charge in [0.2, 0.25) is 17.6 Å². The zero-order valence-corrected chi connectivity index (χ0v) is 16.4. The van der Waals surface area contributed by atoms with Crippen molar-refractivity contribution in [2.45, 2.75) is 19.3 Å². The van der Waals surface area contributed by atoms with Crippen molar-refractivity contribution >= 4 is 54.8 Å². The van der Waals surface area contributed by atoms with Gasteiger partial charge < -0.3 is 9.84 Å². The van der Waals surface area contributed by atoms with Crippen LogP contribution >= 0.6 is 43.2 Å². The molecule has 0 radical (unpaired) electrons. The van der Waals surface area contributed by atoms with Crippen LogP contribution in [0.2, 0.25) is 0 Å². The molecular formula is C16H13Br2N3O2S. The van der Waals surface area contributed by atoms with E-state index in [1.54, 1.807) is 11.3 Å². The molecule has 8 heteroatoms. The normalized spacial score (nSPS) is 10.8. The van der Waals surface area contributed by atoms with Gasteiger partial charge in [-0.3, -0.25) is 4.79 Å². The van der Waals surface area contributed by atoms with Crippen LogP contribution in [0.15, 0.2) is 49.2 Å². The Bertz CT molecular complexity index is 834. The number of nitrogens with one attached hydrogen (secondary N) is 1. The second kappa shape index (κ2) is 8.04. The highest BCUT2D eigenvalue weighted by Crippen LogP contribution is 2.26. The minimum absolute atomic E-state index is 0.0493. The standard InChI is InChI=1S/C16H13Br2N3O2S/c17-10-6-7-11(18)12(9-10)19-14(22)4-1-5-15-20-16(21-23-15)13-3-2-8-24-13/h2-3,6-9H,1,4-5H2,(H,19,22). The Balaban J connectivity index is 1.49. The van der Waals surface area contributed by atoms with Gasteiger partial charge in [0.1, 0.15) is 0 Å². The van der Waals surface area contributed by atoms with Gasteiger partial charge in [-0.15, -0.1) is 11.3 Å². The second-order valence-corrected chi connectivity index (χ2v) is 7.73. The summed E-state index contributed by atoms with van der Waals surface area (Å²) < 4.78 is 6.98. The van der Waals surface area contributed by atoms with Crippen molar-refractivity contribution in [3.8, 4) is 10.7 Å². The lowest BCUT2D eigenvalue weighted by molar-refractivity contribution is -0.116. The summed E-state index contributed by atoms with van der Waals surface area (Å²) in [6.45, 7) is 0. The van der Waals surface area contributed by atoms with E-state index < -0.39 is 0 Å². The molecule has 0 bridgehead atoms. The van der Waals surface area contributed by atoms with Crippen LogP contribution in [0.1, 0.15) is 18.7 Å². The van der Waals surface area contributed by atoms with E-state index in [1.165, 1.54) is 0 Å². The van der Waals surface area contributed by atoms with Crippen LogP contribution in [-0.4, -0.2) is 16.0 Å². The van der Waals surface area contributed by atoms with Gasteiger partial charge in [0, 0.05) is 21.8 Å². The van der Waals surface area contributed by atoms with Crippen LogP contribution < -0.4 is 5.32 Å². The molecule has 1 amide bonds. The molecule has 0 spiro atoms. The van der Waals surface area contributed by atoms with E-state index in [0.29, 0.717) is 31.0 Å². The van der Waals surface area contributed by atoms with Crippen molar-refractivity contribution < 1.29 is 9.32 Å². The fourth-order valence-corrected chi connectivity index (χ4v) is 3.42. The summed E-state index contributed by atoms with van der Waals surface area (Å²) in [5.41, 5.74) is 0.743. The van der Waals surface area contributed by atoms with Crippen molar-refractivity contribution in [2.24, 2.45) is 0 Å². The number of hydrogen-bond acceptors (Lipinski definition) is 5. The van der Waals surface area contributed by atoms with E-state index in [1.807, 2.05) is 35.7 Å². The molecule has 0 unspecified atom stereocenters. The van der Waals surface area contributed by atoms with E-state index in [2.05, 4.69) is 47.3 Å². The summed E-state index contributed by atoms with van der Waals surface area (Å²) in [5.74, 6) is 1.10. The van der Waals surface area contributed by atoms with Crippen LogP contribution in [0.5, 0.6) is 0 Å². The zero-order valence-electron chi connectivity index (χ0n) is 12.5. The average Bonchev–Trinajstić information content (AvgIpc) is 3.22. The van der Waals surface area contributed by atoms with Crippen molar-refractivity contribution in [3.05, 3.63) is 50.5 Å². The molecule has 0 saturated heterocycles. The molecule has 0 aliphatic heterocycles. The summed E-state index contributed by atoms with van der Waals surface area (Å²) in [7, 11) is 0. The van der Waals surface area contributed by atoms with Crippen molar-refractivity contribution in [1.82, 2.24) is 10.1 Å². The third-order valence-corrected chi connectivity index (χ3v) is 5.26. The first kappa shape index (κ1) is 17.3. The Morgan fingerprint density at radius 1 is 1.29 bits per heavy atom. The number of thiophene rings is 1. The number of aryl methyl sites for hydroxylation is 1. The van der Waals surface area contributed by atoms with Crippen LogP contribution in [0.4, 0.5) is 5.69 Å². The molecule has 124 valence electrons. The summed E-state index contributed by atoms with van der Waals surface area (Å²) in [6.07, 6.45) is 1.60. The summed E-state index contributed by atoms with van der Waals surface area (Å²) in [4.78, 5) is 17.4. The molecule has 0 aliphatic rings. The monoisotopic (exact) mass is 469 g/mol. The summed E-state index contributed by atoms with van der Waals surface area (Å²) in [6, 6.07) is 9.53. The Labute approximate surface area is 159 Å². The maximum absolute atomic E-state index is 12.0. The number of amides is 1. The Kier molecular flexibility index (Phi) is 5.80. The van der Waals surface area contributed by atoms with Crippen LogP contribution in [0.3, 0.4) is 0 Å². The molecule has 0 aliphatic carbocycles. The number of anilines is 1. The van der Waals surface area contributed by atoms with Gasteiger partial charge in [-0.2, -0.15) is 4.98 Å². The minimum atomic E-state index is -0.0493. The molecule has 2 heterocycles. The molecule has 3 aromatic rings. The fourth-order valence-electron chi connectivity index (χ4n) is 2.07. The predicted molar refractivity (Wildman–Crippen MR) is 101 cm³/mol. The van der Waals surface area contributed by atoms with Gasteiger partial charge in [0.25, 0.3) is 0 Å². The average molecular weight is 471 g/mol. The number of carbonyl (C=O) groups is 1. The largest absolute Gasteiger partial charge is 0.339 e. The highest BCUT2D eigenvalue weighted by Gasteiger charge is 2.11. The number of nitrogens with zero attached hydrogens (tertiary/aromatic N) is 2. The Hall–Kier alpha value is -1.51. The maximum Gasteiger partial charge on any atom is 0.226 e. The molecule has 5 nitrogen and oxygen atoms in total. The van der Waals surface area contributed by atoms with Crippen molar-refractivity contribution in [3.63, 3.8) is 0 Å². The van der Waals surface area contributed by atoms with E-state index in [-0.39, 0.29) is 5.91 Å². The van der Waals surface area contributed by atoms with Gasteiger partial charge in [0.15, 0.2) is 0 Å². The maximum atomic E-state index is 12.0. The van der Waals surface area contributed by atoms with Crippen LogP contribution in [-0.2, 0) is 11.2 Å². The number of hydrogen-bond donors (Lipinski definition) is 1. The minimum Gasteiger partial charge on any atom is -0.339 e. The zero-order chi connectivity index (χ0) is 16.9. The highest BCUT2D eigenvalue weighted by molar-refractivity contribution is 9.11. The molecule has 24 heavy (non-hydrogen) atoms. The molecule has 2 aromatic heterocycles. The first-order chi connectivity index (χ1) is 11.6. The number of aromatic nitrogens is 2. The number of halogens is 2. The van der Waals surface area contributed by atoms with Gasteiger partial charge in [-0.25, -0.2) is 0 Å². The quantitative estimate of drug-likeness (QED) is 0.531. The van der Waals surface area contributed by atoms with Gasteiger partial charge >= 0.3 is 0 Å². The predicted octanol–water partition coefficient (Wildman–Crippen LogP) is 5.28. The van der Waals surface area contributed by atoms with Gasteiger partial charge in [0.05, 0.1) is 10.6 Å². The van der Waals surface area contributed by atoms with Gasteiger partial charge in [-0.05, 0) is 52.0 Å².